The van der Waals surface area contributed by atoms with E-state index in [9.17, 15) is 9.59 Å². The Balaban J connectivity index is 1.45. The molecule has 3 rings (SSSR count). The summed E-state index contributed by atoms with van der Waals surface area (Å²) in [6.07, 6.45) is 3.15. The number of hydrogen-bond donors (Lipinski definition) is 1. The summed E-state index contributed by atoms with van der Waals surface area (Å²) in [5, 5.41) is 0. The Morgan fingerprint density at radius 2 is 1.62 bits per heavy atom. The van der Waals surface area contributed by atoms with Gasteiger partial charge in [0.15, 0.2) is 0 Å². The van der Waals surface area contributed by atoms with Crippen molar-refractivity contribution in [2.24, 2.45) is 17.6 Å². The van der Waals surface area contributed by atoms with Crippen molar-refractivity contribution in [3.63, 3.8) is 0 Å². The number of morpholine rings is 1. The average molecular weight is 338 g/mol. The molecular weight excluding hydrogens is 308 g/mol. The van der Waals surface area contributed by atoms with E-state index in [4.69, 9.17) is 10.5 Å². The minimum Gasteiger partial charge on any atom is -0.379 e. The van der Waals surface area contributed by atoms with Crippen molar-refractivity contribution in [1.82, 2.24) is 14.7 Å². The maximum atomic E-state index is 12.7. The standard InChI is InChI=1S/C17H30N4O3/c18-12-14-2-1-3-15(14)17(23)21-6-4-20(5-7-21)16(22)13-19-8-10-24-11-9-19/h14-15H,1-13,18H2/t14-,15-/m1/s1. The Morgan fingerprint density at radius 3 is 2.29 bits per heavy atom. The third kappa shape index (κ3) is 4.07. The summed E-state index contributed by atoms with van der Waals surface area (Å²) in [7, 11) is 0. The molecule has 2 aliphatic heterocycles. The van der Waals surface area contributed by atoms with Crippen LogP contribution in [0.25, 0.3) is 0 Å². The van der Waals surface area contributed by atoms with Crippen molar-refractivity contribution < 1.29 is 14.3 Å². The zero-order chi connectivity index (χ0) is 16.9. The van der Waals surface area contributed by atoms with Crippen LogP contribution in [0.15, 0.2) is 0 Å². The first-order chi connectivity index (χ1) is 11.7. The molecule has 136 valence electrons. The summed E-state index contributed by atoms with van der Waals surface area (Å²) in [5.74, 6) is 0.872. The second-order valence-corrected chi connectivity index (χ2v) is 7.13. The highest BCUT2D eigenvalue weighted by Crippen LogP contribution is 2.32. The van der Waals surface area contributed by atoms with Gasteiger partial charge in [0.2, 0.25) is 11.8 Å². The molecule has 1 aliphatic carbocycles. The number of nitrogens with zero attached hydrogens (tertiary/aromatic N) is 3. The first kappa shape index (κ1) is 17.6. The lowest BCUT2D eigenvalue weighted by Crippen LogP contribution is -2.54. The summed E-state index contributed by atoms with van der Waals surface area (Å²) in [6.45, 7) is 6.74. The zero-order valence-electron chi connectivity index (χ0n) is 14.5. The molecule has 2 saturated heterocycles. The van der Waals surface area contributed by atoms with Gasteiger partial charge in [0.05, 0.1) is 19.8 Å². The van der Waals surface area contributed by atoms with Gasteiger partial charge in [-0.2, -0.15) is 0 Å². The highest BCUT2D eigenvalue weighted by atomic mass is 16.5. The molecule has 0 unspecified atom stereocenters. The normalized spacial score (nSPS) is 29.0. The molecule has 3 fully saturated rings. The summed E-state index contributed by atoms with van der Waals surface area (Å²) in [4.78, 5) is 31.1. The summed E-state index contributed by atoms with van der Waals surface area (Å²) in [5.41, 5.74) is 5.81. The smallest absolute Gasteiger partial charge is 0.236 e. The molecule has 1 saturated carbocycles. The van der Waals surface area contributed by atoms with E-state index in [0.717, 1.165) is 32.4 Å². The molecule has 3 aliphatic rings. The topological polar surface area (TPSA) is 79.1 Å². The first-order valence-electron chi connectivity index (χ1n) is 9.25. The number of ether oxygens (including phenoxy) is 1. The lowest BCUT2D eigenvalue weighted by molar-refractivity contribution is -0.143. The Hall–Kier alpha value is -1.18. The van der Waals surface area contributed by atoms with Crippen molar-refractivity contribution in [3.05, 3.63) is 0 Å². The van der Waals surface area contributed by atoms with Crippen molar-refractivity contribution in [2.45, 2.75) is 19.3 Å². The van der Waals surface area contributed by atoms with E-state index in [0.29, 0.717) is 58.4 Å². The highest BCUT2D eigenvalue weighted by molar-refractivity contribution is 5.81. The van der Waals surface area contributed by atoms with Gasteiger partial charge in [0.25, 0.3) is 0 Å². The van der Waals surface area contributed by atoms with Crippen molar-refractivity contribution in [3.8, 4) is 0 Å². The maximum Gasteiger partial charge on any atom is 0.236 e. The lowest BCUT2D eigenvalue weighted by Gasteiger charge is -2.37. The highest BCUT2D eigenvalue weighted by Gasteiger charge is 2.36. The average Bonchev–Trinajstić information content (AvgIpc) is 3.11. The Morgan fingerprint density at radius 1 is 0.958 bits per heavy atom. The van der Waals surface area contributed by atoms with E-state index in [2.05, 4.69) is 4.90 Å². The molecular formula is C17H30N4O3. The second kappa shape index (κ2) is 8.27. The van der Waals surface area contributed by atoms with Crippen LogP contribution in [0.3, 0.4) is 0 Å². The second-order valence-electron chi connectivity index (χ2n) is 7.13. The predicted molar refractivity (Wildman–Crippen MR) is 90.3 cm³/mol. The predicted octanol–water partition coefficient (Wildman–Crippen LogP) is -0.636. The Labute approximate surface area is 144 Å². The molecule has 0 aromatic carbocycles. The molecule has 2 atom stereocenters. The van der Waals surface area contributed by atoms with Gasteiger partial charge in [-0.3, -0.25) is 14.5 Å². The van der Waals surface area contributed by atoms with E-state index in [-0.39, 0.29) is 17.7 Å². The molecule has 0 radical (unpaired) electrons. The van der Waals surface area contributed by atoms with E-state index in [1.165, 1.54) is 0 Å². The van der Waals surface area contributed by atoms with Crippen LogP contribution in [0.4, 0.5) is 0 Å². The Bertz CT molecular complexity index is 445. The van der Waals surface area contributed by atoms with Crippen LogP contribution in [0.2, 0.25) is 0 Å². The van der Waals surface area contributed by atoms with E-state index in [1.54, 1.807) is 0 Å². The number of hydrogen-bond acceptors (Lipinski definition) is 5. The molecule has 2 N–H and O–H groups in total. The van der Waals surface area contributed by atoms with E-state index >= 15 is 0 Å². The minimum absolute atomic E-state index is 0.102. The molecule has 0 aromatic rings. The number of carbonyl (C=O) groups is 2. The number of rotatable bonds is 4. The van der Waals surface area contributed by atoms with E-state index in [1.807, 2.05) is 9.80 Å². The van der Waals surface area contributed by atoms with Crippen LogP contribution >= 0.6 is 0 Å². The molecule has 2 heterocycles. The van der Waals surface area contributed by atoms with Gasteiger partial charge in [-0.1, -0.05) is 6.42 Å². The van der Waals surface area contributed by atoms with Crippen LogP contribution < -0.4 is 5.73 Å². The minimum atomic E-state index is 0.102. The lowest BCUT2D eigenvalue weighted by atomic mass is 9.94. The molecule has 2 amide bonds. The molecule has 24 heavy (non-hydrogen) atoms. The third-order valence-electron chi connectivity index (χ3n) is 5.69. The van der Waals surface area contributed by atoms with Gasteiger partial charge >= 0.3 is 0 Å². The van der Waals surface area contributed by atoms with Gasteiger partial charge in [0, 0.05) is 45.2 Å². The van der Waals surface area contributed by atoms with Gasteiger partial charge in [-0.15, -0.1) is 0 Å². The van der Waals surface area contributed by atoms with Crippen LogP contribution in [0, 0.1) is 11.8 Å². The number of carbonyl (C=O) groups excluding carboxylic acids is 2. The number of nitrogens with two attached hydrogens (primary N) is 1. The van der Waals surface area contributed by atoms with Crippen LogP contribution in [0.5, 0.6) is 0 Å². The van der Waals surface area contributed by atoms with Gasteiger partial charge < -0.3 is 20.3 Å². The van der Waals surface area contributed by atoms with Crippen molar-refractivity contribution in [2.75, 3.05) is 65.6 Å². The zero-order valence-corrected chi connectivity index (χ0v) is 14.5. The molecule has 0 bridgehead atoms. The van der Waals surface area contributed by atoms with Gasteiger partial charge in [-0.25, -0.2) is 0 Å². The summed E-state index contributed by atoms with van der Waals surface area (Å²) >= 11 is 0. The van der Waals surface area contributed by atoms with E-state index < -0.39 is 0 Å². The fraction of sp³-hybridized carbons (Fsp3) is 0.882. The SMILES string of the molecule is NC[C@H]1CCC[C@H]1C(=O)N1CCN(C(=O)CN2CCOCC2)CC1. The largest absolute Gasteiger partial charge is 0.379 e. The molecule has 7 nitrogen and oxygen atoms in total. The third-order valence-corrected chi connectivity index (χ3v) is 5.69. The number of amides is 2. The van der Waals surface area contributed by atoms with Crippen molar-refractivity contribution in [1.29, 1.82) is 0 Å². The monoisotopic (exact) mass is 338 g/mol. The van der Waals surface area contributed by atoms with Gasteiger partial charge in [0.1, 0.15) is 0 Å². The van der Waals surface area contributed by atoms with Gasteiger partial charge in [-0.05, 0) is 25.3 Å². The molecule has 7 heteroatoms. The summed E-state index contributed by atoms with van der Waals surface area (Å²) < 4.78 is 5.31. The van der Waals surface area contributed by atoms with Crippen LogP contribution in [-0.2, 0) is 14.3 Å². The fourth-order valence-corrected chi connectivity index (χ4v) is 4.11. The molecule has 0 spiro atoms. The first-order valence-corrected chi connectivity index (χ1v) is 9.25. The Kier molecular flexibility index (Phi) is 6.08. The maximum absolute atomic E-state index is 12.7. The van der Waals surface area contributed by atoms with Crippen LogP contribution in [0.1, 0.15) is 19.3 Å². The quantitative estimate of drug-likeness (QED) is 0.738. The number of piperazine rings is 1. The van der Waals surface area contributed by atoms with Crippen molar-refractivity contribution >= 4 is 11.8 Å². The fourth-order valence-electron chi connectivity index (χ4n) is 4.11. The molecule has 0 aromatic heterocycles. The summed E-state index contributed by atoms with van der Waals surface area (Å²) in [6, 6.07) is 0. The van der Waals surface area contributed by atoms with Crippen LogP contribution in [-0.4, -0.2) is 92.1 Å².